The lowest BCUT2D eigenvalue weighted by atomic mass is 9.78. The van der Waals surface area contributed by atoms with Crippen molar-refractivity contribution in [1.29, 1.82) is 0 Å². The van der Waals surface area contributed by atoms with Crippen molar-refractivity contribution in [2.45, 2.75) is 43.5 Å². The van der Waals surface area contributed by atoms with E-state index in [0.29, 0.717) is 23.3 Å². The van der Waals surface area contributed by atoms with E-state index in [4.69, 9.17) is 0 Å². The molecule has 0 saturated heterocycles. The maximum absolute atomic E-state index is 13.9. The third-order valence-corrected chi connectivity index (χ3v) is 7.83. The van der Waals surface area contributed by atoms with E-state index in [1.54, 1.807) is 12.1 Å². The molecule has 2 bridgehead atoms. The fourth-order valence-electron chi connectivity index (χ4n) is 4.75. The van der Waals surface area contributed by atoms with E-state index >= 15 is 0 Å². The van der Waals surface area contributed by atoms with Crippen LogP contribution < -0.4 is 4.72 Å². The predicted molar refractivity (Wildman–Crippen MR) is 101 cm³/mol. The summed E-state index contributed by atoms with van der Waals surface area (Å²) < 4.78 is 55.3. The molecule has 6 heteroatoms. The maximum atomic E-state index is 13.9. The Bertz CT molecular complexity index is 929. The van der Waals surface area contributed by atoms with Gasteiger partial charge in [-0.25, -0.2) is 21.9 Å². The minimum absolute atomic E-state index is 0.0158. The Hall–Kier alpha value is -1.79. The average molecular weight is 391 g/mol. The van der Waals surface area contributed by atoms with Crippen molar-refractivity contribution in [2.75, 3.05) is 0 Å². The van der Waals surface area contributed by atoms with Crippen molar-refractivity contribution in [3.8, 4) is 11.1 Å². The molecule has 0 heterocycles. The molecular formula is C21H23F2NO2S. The highest BCUT2D eigenvalue weighted by Gasteiger charge is 2.41. The van der Waals surface area contributed by atoms with Gasteiger partial charge in [-0.1, -0.05) is 19.1 Å². The lowest BCUT2D eigenvalue weighted by Crippen LogP contribution is -2.41. The van der Waals surface area contributed by atoms with Crippen LogP contribution in [-0.4, -0.2) is 14.5 Å². The molecule has 0 spiro atoms. The Morgan fingerprint density at radius 2 is 1.59 bits per heavy atom. The number of halogens is 2. The van der Waals surface area contributed by atoms with Gasteiger partial charge in [0.15, 0.2) is 0 Å². The first-order valence-electron chi connectivity index (χ1n) is 9.41. The maximum Gasteiger partial charge on any atom is 0.240 e. The lowest BCUT2D eigenvalue weighted by molar-refractivity contribution is 0.215. The zero-order valence-corrected chi connectivity index (χ0v) is 16.0. The van der Waals surface area contributed by atoms with Gasteiger partial charge in [0, 0.05) is 17.7 Å². The SMILES string of the molecule is CC1C2CCC1CC(NS(=O)(=O)c1ccc(-c3ccc(F)cc3F)cc1)C2. The summed E-state index contributed by atoms with van der Waals surface area (Å²) in [5.41, 5.74) is 0.752. The van der Waals surface area contributed by atoms with Gasteiger partial charge in [0.05, 0.1) is 4.90 Å². The summed E-state index contributed by atoms with van der Waals surface area (Å²) in [4.78, 5) is 0.166. The molecule has 2 aromatic carbocycles. The normalized spacial score (nSPS) is 27.7. The molecule has 0 radical (unpaired) electrons. The van der Waals surface area contributed by atoms with Crippen LogP contribution in [-0.2, 0) is 10.0 Å². The van der Waals surface area contributed by atoms with Crippen LogP contribution in [0, 0.1) is 29.4 Å². The number of sulfonamides is 1. The van der Waals surface area contributed by atoms with Crippen molar-refractivity contribution in [3.63, 3.8) is 0 Å². The Morgan fingerprint density at radius 1 is 0.963 bits per heavy atom. The van der Waals surface area contributed by atoms with E-state index in [2.05, 4.69) is 11.6 Å². The van der Waals surface area contributed by atoms with Crippen molar-refractivity contribution < 1.29 is 17.2 Å². The van der Waals surface area contributed by atoms with Crippen LogP contribution in [0.3, 0.4) is 0 Å². The van der Waals surface area contributed by atoms with Gasteiger partial charge in [0.2, 0.25) is 10.0 Å². The minimum Gasteiger partial charge on any atom is -0.208 e. The summed E-state index contributed by atoms with van der Waals surface area (Å²) in [5, 5.41) is 0. The predicted octanol–water partition coefficient (Wildman–Crippen LogP) is 4.73. The topological polar surface area (TPSA) is 46.2 Å². The first kappa shape index (κ1) is 18.6. The summed E-state index contributed by atoms with van der Waals surface area (Å²) in [6.45, 7) is 2.28. The van der Waals surface area contributed by atoms with Crippen LogP contribution in [0.2, 0.25) is 0 Å². The molecule has 2 aliphatic rings. The number of rotatable bonds is 4. The highest BCUT2D eigenvalue weighted by Crippen LogP contribution is 2.46. The molecule has 0 aliphatic heterocycles. The van der Waals surface area contributed by atoms with Crippen molar-refractivity contribution >= 4 is 10.0 Å². The number of nitrogens with one attached hydrogen (secondary N) is 1. The Morgan fingerprint density at radius 3 is 2.19 bits per heavy atom. The van der Waals surface area contributed by atoms with Crippen molar-refractivity contribution in [2.24, 2.45) is 17.8 Å². The van der Waals surface area contributed by atoms with Crippen LogP contribution in [0.1, 0.15) is 32.6 Å². The van der Waals surface area contributed by atoms with Crippen LogP contribution in [0.15, 0.2) is 47.4 Å². The molecule has 2 aliphatic carbocycles. The number of hydrogen-bond acceptors (Lipinski definition) is 2. The number of fused-ring (bicyclic) bond motifs is 2. The van der Waals surface area contributed by atoms with E-state index in [1.165, 1.54) is 37.1 Å². The highest BCUT2D eigenvalue weighted by atomic mass is 32.2. The molecule has 0 aromatic heterocycles. The fourth-order valence-corrected chi connectivity index (χ4v) is 6.01. The molecule has 2 fully saturated rings. The molecule has 0 amide bonds. The van der Waals surface area contributed by atoms with E-state index in [1.807, 2.05) is 0 Å². The summed E-state index contributed by atoms with van der Waals surface area (Å²) in [5.74, 6) is 0.599. The van der Waals surface area contributed by atoms with Crippen molar-refractivity contribution in [3.05, 3.63) is 54.1 Å². The van der Waals surface area contributed by atoms with Crippen LogP contribution >= 0.6 is 0 Å². The van der Waals surface area contributed by atoms with E-state index in [-0.39, 0.29) is 16.5 Å². The van der Waals surface area contributed by atoms with Crippen molar-refractivity contribution in [1.82, 2.24) is 4.72 Å². The average Bonchev–Trinajstić information content (AvgIpc) is 2.83. The molecule has 27 heavy (non-hydrogen) atoms. The van der Waals surface area contributed by atoms with Gasteiger partial charge >= 0.3 is 0 Å². The van der Waals surface area contributed by atoms with Crippen LogP contribution in [0.25, 0.3) is 11.1 Å². The van der Waals surface area contributed by atoms with Gasteiger partial charge in [-0.15, -0.1) is 0 Å². The molecular weight excluding hydrogens is 368 g/mol. The van der Waals surface area contributed by atoms with Gasteiger partial charge in [-0.2, -0.15) is 0 Å². The monoisotopic (exact) mass is 391 g/mol. The largest absolute Gasteiger partial charge is 0.240 e. The second-order valence-electron chi connectivity index (χ2n) is 7.89. The minimum atomic E-state index is -3.62. The van der Waals surface area contributed by atoms with Crippen LogP contribution in [0.4, 0.5) is 8.78 Å². The third-order valence-electron chi connectivity index (χ3n) is 6.30. The van der Waals surface area contributed by atoms with E-state index in [9.17, 15) is 17.2 Å². The Balaban J connectivity index is 1.51. The molecule has 2 saturated carbocycles. The smallest absolute Gasteiger partial charge is 0.208 e. The second kappa shape index (κ2) is 6.99. The standard InChI is InChI=1S/C21H23F2NO2S/c1-13-15-2-3-16(13)11-18(10-15)24-27(25,26)19-7-4-14(5-8-19)20-9-6-17(22)12-21(20)23/h4-9,12-13,15-16,18,24H,2-3,10-11H2,1H3. The number of benzene rings is 2. The zero-order valence-electron chi connectivity index (χ0n) is 15.2. The number of hydrogen-bond donors (Lipinski definition) is 1. The van der Waals surface area contributed by atoms with E-state index in [0.717, 1.165) is 18.9 Å². The second-order valence-corrected chi connectivity index (χ2v) is 9.61. The quantitative estimate of drug-likeness (QED) is 0.819. The van der Waals surface area contributed by atoms with Crippen LogP contribution in [0.5, 0.6) is 0 Å². The summed E-state index contributed by atoms with van der Waals surface area (Å²) in [7, 11) is -3.62. The highest BCUT2D eigenvalue weighted by molar-refractivity contribution is 7.89. The van der Waals surface area contributed by atoms with Gasteiger partial charge in [-0.3, -0.25) is 0 Å². The molecule has 4 rings (SSSR count). The summed E-state index contributed by atoms with van der Waals surface area (Å²) in [6.07, 6.45) is 4.19. The Labute approximate surface area is 158 Å². The van der Waals surface area contributed by atoms with E-state index < -0.39 is 21.7 Å². The zero-order chi connectivity index (χ0) is 19.2. The summed E-state index contributed by atoms with van der Waals surface area (Å²) in [6, 6.07) is 9.39. The molecule has 144 valence electrons. The molecule has 3 nitrogen and oxygen atoms in total. The fraction of sp³-hybridized carbons (Fsp3) is 0.429. The lowest BCUT2D eigenvalue weighted by Gasteiger charge is -2.33. The van der Waals surface area contributed by atoms with Gasteiger partial charge in [0.1, 0.15) is 11.6 Å². The first-order chi connectivity index (χ1) is 12.8. The third kappa shape index (κ3) is 3.65. The molecule has 2 unspecified atom stereocenters. The molecule has 1 N–H and O–H groups in total. The summed E-state index contributed by atoms with van der Waals surface area (Å²) >= 11 is 0. The molecule has 2 atom stereocenters. The van der Waals surface area contributed by atoms with Gasteiger partial charge < -0.3 is 0 Å². The first-order valence-corrected chi connectivity index (χ1v) is 10.9. The van der Waals surface area contributed by atoms with Gasteiger partial charge in [-0.05, 0) is 73.3 Å². The Kier molecular flexibility index (Phi) is 4.80. The van der Waals surface area contributed by atoms with Gasteiger partial charge in [0.25, 0.3) is 0 Å². The molecule has 2 aromatic rings.